The van der Waals surface area contributed by atoms with Crippen LogP contribution in [0.2, 0.25) is 5.02 Å². The minimum atomic E-state index is -4.07. The summed E-state index contributed by atoms with van der Waals surface area (Å²) in [5.41, 5.74) is 1.57. The van der Waals surface area contributed by atoms with Crippen molar-refractivity contribution in [2.24, 2.45) is 0 Å². The van der Waals surface area contributed by atoms with Crippen molar-refractivity contribution in [3.63, 3.8) is 0 Å². The Balaban J connectivity index is 1.65. The lowest BCUT2D eigenvalue weighted by Crippen LogP contribution is -2.52. The number of carbonyl (C=O) groups is 3. The smallest absolute Gasteiger partial charge is 0.269 e. The van der Waals surface area contributed by atoms with Gasteiger partial charge in [0, 0.05) is 37.0 Å². The van der Waals surface area contributed by atoms with E-state index in [0.717, 1.165) is 9.87 Å². The highest BCUT2D eigenvalue weighted by atomic mass is 35.5. The number of benzene rings is 3. The minimum Gasteiger partial charge on any atom is -0.352 e. The zero-order valence-electron chi connectivity index (χ0n) is 21.7. The van der Waals surface area contributed by atoms with Crippen LogP contribution in [0.1, 0.15) is 41.8 Å². The lowest BCUT2D eigenvalue weighted by molar-refractivity contribution is -0.141. The van der Waals surface area contributed by atoms with Crippen LogP contribution in [-0.4, -0.2) is 54.0 Å². The number of rotatable bonds is 10. The summed E-state index contributed by atoms with van der Waals surface area (Å²) in [5.74, 6) is -1.49. The lowest BCUT2D eigenvalue weighted by atomic mass is 10.0. The van der Waals surface area contributed by atoms with Crippen LogP contribution in [0.4, 0.5) is 0 Å². The fourth-order valence-corrected chi connectivity index (χ4v) is 6.30. The second-order valence-electron chi connectivity index (χ2n) is 9.61. The van der Waals surface area contributed by atoms with E-state index < -0.39 is 27.9 Å². The van der Waals surface area contributed by atoms with Crippen LogP contribution < -0.4 is 5.32 Å². The van der Waals surface area contributed by atoms with E-state index in [1.807, 2.05) is 44.2 Å². The molecule has 0 spiro atoms. The number of hydrogen-bond acceptors (Lipinski definition) is 5. The lowest BCUT2D eigenvalue weighted by Gasteiger charge is -2.32. The van der Waals surface area contributed by atoms with Crippen molar-refractivity contribution < 1.29 is 22.8 Å². The first-order valence-corrected chi connectivity index (χ1v) is 14.4. The van der Waals surface area contributed by atoms with Crippen molar-refractivity contribution in [1.29, 1.82) is 0 Å². The van der Waals surface area contributed by atoms with Crippen LogP contribution in [0, 0.1) is 0 Å². The Morgan fingerprint density at radius 2 is 1.59 bits per heavy atom. The molecule has 1 N–H and O–H groups in total. The maximum Gasteiger partial charge on any atom is 0.269 e. The highest BCUT2D eigenvalue weighted by Gasteiger charge is 2.41. The van der Waals surface area contributed by atoms with Gasteiger partial charge in [0.05, 0.1) is 5.56 Å². The standard InChI is InChI=1S/C29H30ClN3O5S/c1-20(2)31-28(35)25(18-21-10-4-3-5-11-21)32(19-22-12-6-8-14-24(22)30)27(34)16-17-33-29(36)23-13-7-9-15-26(23)39(33,37)38/h3-15,20,25H,16-19H2,1-2H3,(H,31,35)/t25-/m1/s1. The van der Waals surface area contributed by atoms with Gasteiger partial charge < -0.3 is 10.2 Å². The van der Waals surface area contributed by atoms with E-state index in [0.29, 0.717) is 10.6 Å². The van der Waals surface area contributed by atoms with Gasteiger partial charge in [-0.1, -0.05) is 72.3 Å². The second-order valence-corrected chi connectivity index (χ2v) is 11.8. The fraction of sp³-hybridized carbons (Fsp3) is 0.276. The average Bonchev–Trinajstić information content (AvgIpc) is 3.10. The van der Waals surface area contributed by atoms with Gasteiger partial charge in [0.1, 0.15) is 10.9 Å². The van der Waals surface area contributed by atoms with Crippen molar-refractivity contribution in [2.75, 3.05) is 6.54 Å². The summed E-state index contributed by atoms with van der Waals surface area (Å²) in [6.45, 7) is 3.35. The van der Waals surface area contributed by atoms with Gasteiger partial charge in [0.15, 0.2) is 0 Å². The molecule has 4 rings (SSSR count). The number of halogens is 1. The summed E-state index contributed by atoms with van der Waals surface area (Å²) >= 11 is 6.42. The molecule has 0 unspecified atom stereocenters. The summed E-state index contributed by atoms with van der Waals surface area (Å²) < 4.78 is 26.8. The number of hydrogen-bond donors (Lipinski definition) is 1. The van der Waals surface area contributed by atoms with Gasteiger partial charge in [-0.25, -0.2) is 12.7 Å². The van der Waals surface area contributed by atoms with Crippen LogP contribution >= 0.6 is 11.6 Å². The molecule has 1 atom stereocenters. The summed E-state index contributed by atoms with van der Waals surface area (Å²) in [6, 6.07) is 21.3. The van der Waals surface area contributed by atoms with E-state index in [1.165, 1.54) is 17.0 Å². The molecule has 1 aliphatic heterocycles. The van der Waals surface area contributed by atoms with Gasteiger partial charge in [0.2, 0.25) is 11.8 Å². The van der Waals surface area contributed by atoms with Gasteiger partial charge in [-0.15, -0.1) is 0 Å². The predicted octanol–water partition coefficient (Wildman–Crippen LogP) is 4.04. The van der Waals surface area contributed by atoms with Crippen molar-refractivity contribution in [1.82, 2.24) is 14.5 Å². The van der Waals surface area contributed by atoms with E-state index in [9.17, 15) is 22.8 Å². The van der Waals surface area contributed by atoms with Gasteiger partial charge >= 0.3 is 0 Å². The molecule has 0 aliphatic carbocycles. The summed E-state index contributed by atoms with van der Waals surface area (Å²) in [7, 11) is -4.07. The number of nitrogens with one attached hydrogen (secondary N) is 1. The van der Waals surface area contributed by atoms with Crippen LogP contribution in [0.5, 0.6) is 0 Å². The molecule has 1 aliphatic rings. The molecule has 0 fully saturated rings. The van der Waals surface area contributed by atoms with Crippen LogP contribution in [0.3, 0.4) is 0 Å². The molecular weight excluding hydrogens is 538 g/mol. The maximum absolute atomic E-state index is 13.8. The zero-order chi connectivity index (χ0) is 28.2. The van der Waals surface area contributed by atoms with Gasteiger partial charge in [-0.2, -0.15) is 0 Å². The zero-order valence-corrected chi connectivity index (χ0v) is 23.3. The normalized spacial score (nSPS) is 14.7. The van der Waals surface area contributed by atoms with Crippen molar-refractivity contribution in [3.05, 3.63) is 101 Å². The molecule has 3 amide bonds. The monoisotopic (exact) mass is 567 g/mol. The number of fused-ring (bicyclic) bond motifs is 1. The Morgan fingerprint density at radius 1 is 0.949 bits per heavy atom. The second kappa shape index (κ2) is 12.0. The molecule has 1 heterocycles. The molecule has 3 aromatic rings. The Kier molecular flexibility index (Phi) is 8.72. The van der Waals surface area contributed by atoms with E-state index in [1.54, 1.807) is 36.4 Å². The van der Waals surface area contributed by atoms with Crippen LogP contribution in [0.25, 0.3) is 0 Å². The molecule has 0 saturated carbocycles. The minimum absolute atomic E-state index is 0.0302. The first-order chi connectivity index (χ1) is 18.6. The third-order valence-electron chi connectivity index (χ3n) is 6.44. The Labute approximate surface area is 233 Å². The number of carbonyl (C=O) groups excluding carboxylic acids is 3. The summed E-state index contributed by atoms with van der Waals surface area (Å²) in [5, 5.41) is 3.34. The third kappa shape index (κ3) is 6.32. The quantitative estimate of drug-likeness (QED) is 0.398. The molecule has 0 saturated heterocycles. The molecule has 10 heteroatoms. The largest absolute Gasteiger partial charge is 0.352 e. The van der Waals surface area contributed by atoms with Gasteiger partial charge in [-0.05, 0) is 43.2 Å². The summed E-state index contributed by atoms with van der Waals surface area (Å²) in [4.78, 5) is 41.5. The molecular formula is C29H30ClN3O5S. The molecule has 0 aromatic heterocycles. The van der Waals surface area contributed by atoms with E-state index in [2.05, 4.69) is 5.32 Å². The van der Waals surface area contributed by atoms with Crippen molar-refractivity contribution in [2.45, 2.75) is 50.2 Å². The Morgan fingerprint density at radius 3 is 2.26 bits per heavy atom. The fourth-order valence-electron chi connectivity index (χ4n) is 4.54. The predicted molar refractivity (Wildman–Crippen MR) is 148 cm³/mol. The van der Waals surface area contributed by atoms with Gasteiger partial charge in [0.25, 0.3) is 15.9 Å². The molecule has 0 bridgehead atoms. The SMILES string of the molecule is CC(C)NC(=O)[C@@H](Cc1ccccc1)N(Cc1ccccc1Cl)C(=O)CCN1C(=O)c2ccccc2S1(=O)=O. The van der Waals surface area contributed by atoms with E-state index in [-0.39, 0.29) is 48.3 Å². The first-order valence-electron chi connectivity index (χ1n) is 12.6. The number of nitrogens with zero attached hydrogens (tertiary/aromatic N) is 2. The average molecular weight is 568 g/mol. The number of sulfonamides is 1. The topological polar surface area (TPSA) is 104 Å². The van der Waals surface area contributed by atoms with Crippen molar-refractivity contribution in [3.8, 4) is 0 Å². The molecule has 39 heavy (non-hydrogen) atoms. The summed E-state index contributed by atoms with van der Waals surface area (Å²) in [6.07, 6.45) is -0.0639. The first kappa shape index (κ1) is 28.3. The van der Waals surface area contributed by atoms with Crippen molar-refractivity contribution >= 4 is 39.3 Å². The molecule has 204 valence electrons. The highest BCUT2D eigenvalue weighted by molar-refractivity contribution is 7.90. The number of amides is 3. The van der Waals surface area contributed by atoms with Crippen LogP contribution in [0.15, 0.2) is 83.8 Å². The molecule has 0 radical (unpaired) electrons. The Bertz CT molecular complexity index is 1480. The molecule has 3 aromatic carbocycles. The van der Waals surface area contributed by atoms with Crippen LogP contribution in [-0.2, 0) is 32.6 Å². The van der Waals surface area contributed by atoms with Gasteiger partial charge in [-0.3, -0.25) is 14.4 Å². The Hall–Kier alpha value is -3.69. The molecule has 8 nitrogen and oxygen atoms in total. The van der Waals surface area contributed by atoms with E-state index in [4.69, 9.17) is 11.6 Å². The van der Waals surface area contributed by atoms with E-state index >= 15 is 0 Å². The highest BCUT2D eigenvalue weighted by Crippen LogP contribution is 2.30. The maximum atomic E-state index is 13.8. The third-order valence-corrected chi connectivity index (χ3v) is 8.65.